The molecule has 0 aliphatic carbocycles. The molecule has 1 N–H and O–H groups in total. The maximum Gasteiger partial charge on any atom is 0.361 e. The second-order valence-corrected chi connectivity index (χ2v) is 31.2. The number of carboxylic acid groups (broad SMARTS) is 1. The predicted octanol–water partition coefficient (Wildman–Crippen LogP) is 29.0. The molecule has 0 spiro atoms. The van der Waals surface area contributed by atoms with Crippen LogP contribution in [0.5, 0.6) is 0 Å². The number of carboxylic acids is 1. The second kappa shape index (κ2) is 83.8. The van der Waals surface area contributed by atoms with E-state index in [1.54, 1.807) is 0 Å². The van der Waals surface area contributed by atoms with E-state index in [9.17, 15) is 19.5 Å². The van der Waals surface area contributed by atoms with Crippen LogP contribution < -0.4 is 0 Å². The Hall–Kier alpha value is -3.79. The molecule has 0 heterocycles. The van der Waals surface area contributed by atoms with E-state index in [-0.39, 0.29) is 32.2 Å². The molecule has 2 unspecified atom stereocenters. The third kappa shape index (κ3) is 85.3. The number of aliphatic carboxylic acids is 1. The highest BCUT2D eigenvalue weighted by atomic mass is 16.7. The molecular weight excluding hydrogens is 1270 g/mol. The number of carbonyl (C=O) groups is 3. The first kappa shape index (κ1) is 99.2. The Morgan fingerprint density at radius 3 is 0.825 bits per heavy atom. The molecule has 9 nitrogen and oxygen atoms in total. The standard InChI is InChI=1S/C94H169NO8/c1-6-8-10-12-14-16-18-20-22-24-26-28-30-32-34-36-38-40-42-44-45-46-47-49-50-52-54-56-58-60-62-64-66-68-70-72-74-76-78-80-82-84-91(96)101-88-90(89-102-94(93(98)99)100-87-86-95(3,4)5)103-92(97)85-83-81-79-77-75-73-71-69-67-65-63-61-59-57-55-53-51-48-43-41-39-37-35-33-31-29-27-25-23-21-19-17-15-13-11-9-7-2/h9,11,15,17,21,23,27,29,33,35,39,41,48,51,55,57,90,94H,6-8,10,12-14,16,18-20,22,24-26,28,30-32,34,36-38,40,42-47,49-50,52-54,56,58-89H2,1-5H3/p+1/b11-9-,17-15-,23-21-,29-27-,35-33-,41-39-,51-48-,57-55-. The average molecular weight is 1440 g/mol. The Morgan fingerprint density at radius 1 is 0.301 bits per heavy atom. The van der Waals surface area contributed by atoms with Crippen LogP contribution in [0.4, 0.5) is 0 Å². The Balaban J connectivity index is 3.95. The van der Waals surface area contributed by atoms with Crippen molar-refractivity contribution in [3.63, 3.8) is 0 Å². The lowest BCUT2D eigenvalue weighted by molar-refractivity contribution is -0.870. The maximum atomic E-state index is 13.0. The van der Waals surface area contributed by atoms with Gasteiger partial charge in [-0.05, 0) is 77.0 Å². The van der Waals surface area contributed by atoms with E-state index in [0.29, 0.717) is 17.4 Å². The molecule has 0 amide bonds. The summed E-state index contributed by atoms with van der Waals surface area (Å²) in [4.78, 5) is 37.8. The molecular formula is C94H170NO8+. The van der Waals surface area contributed by atoms with Crippen molar-refractivity contribution in [2.45, 2.75) is 437 Å². The van der Waals surface area contributed by atoms with E-state index in [4.69, 9.17) is 18.9 Å². The highest BCUT2D eigenvalue weighted by molar-refractivity contribution is 5.71. The topological polar surface area (TPSA) is 108 Å². The quantitative estimate of drug-likeness (QED) is 0.0211. The third-order valence-corrected chi connectivity index (χ3v) is 19.9. The van der Waals surface area contributed by atoms with Gasteiger partial charge in [0.25, 0.3) is 6.29 Å². The van der Waals surface area contributed by atoms with Crippen molar-refractivity contribution in [3.05, 3.63) is 97.2 Å². The number of hydrogen-bond acceptors (Lipinski definition) is 7. The van der Waals surface area contributed by atoms with Crippen LogP contribution >= 0.6 is 0 Å². The fraction of sp³-hybridized carbons (Fsp3) is 0.798. The van der Waals surface area contributed by atoms with Crippen LogP contribution in [0.15, 0.2) is 97.2 Å². The van der Waals surface area contributed by atoms with Crippen molar-refractivity contribution < 1.29 is 42.9 Å². The normalized spacial score (nSPS) is 13.1. The van der Waals surface area contributed by atoms with Gasteiger partial charge in [-0.15, -0.1) is 0 Å². The molecule has 0 rings (SSSR count). The minimum Gasteiger partial charge on any atom is -0.477 e. The fourth-order valence-electron chi connectivity index (χ4n) is 13.2. The number of hydrogen-bond donors (Lipinski definition) is 1. The van der Waals surface area contributed by atoms with Gasteiger partial charge in [0.05, 0.1) is 34.4 Å². The summed E-state index contributed by atoms with van der Waals surface area (Å²) in [5.74, 6) is -1.99. The molecule has 598 valence electrons. The van der Waals surface area contributed by atoms with Gasteiger partial charge in [-0.3, -0.25) is 9.59 Å². The second-order valence-electron chi connectivity index (χ2n) is 31.2. The van der Waals surface area contributed by atoms with Crippen LogP contribution in [-0.2, 0) is 33.3 Å². The first-order chi connectivity index (χ1) is 50.6. The summed E-state index contributed by atoms with van der Waals surface area (Å²) in [5, 5.41) is 9.79. The number of likely N-dealkylation sites (N-methyl/N-ethyl adjacent to an activating group) is 1. The molecule has 0 aromatic carbocycles. The number of nitrogens with zero attached hydrogens (tertiary/aromatic N) is 1. The largest absolute Gasteiger partial charge is 0.477 e. The zero-order valence-electron chi connectivity index (χ0n) is 68.7. The molecule has 103 heavy (non-hydrogen) atoms. The minimum atomic E-state index is -1.52. The van der Waals surface area contributed by atoms with Crippen LogP contribution in [0.2, 0.25) is 0 Å². The smallest absolute Gasteiger partial charge is 0.361 e. The lowest BCUT2D eigenvalue weighted by atomic mass is 10.0. The third-order valence-electron chi connectivity index (χ3n) is 19.9. The molecule has 0 saturated carbocycles. The van der Waals surface area contributed by atoms with E-state index < -0.39 is 24.3 Å². The van der Waals surface area contributed by atoms with Gasteiger partial charge in [-0.25, -0.2) is 4.79 Å². The SMILES string of the molecule is CC/C=C\C/C=C\C/C=C\C/C=C\C/C=C\C/C=C\C/C=C\C/C=C\CCCCCCCCCCCCCCC(=O)OC(COC(=O)CCCCCCCCCCCCCCCCCCCCCCCCCCCCCCCCCCCCCCCCCCC)COC(OCC[N+](C)(C)C)C(=O)O. The van der Waals surface area contributed by atoms with Crippen molar-refractivity contribution >= 4 is 17.9 Å². The zero-order valence-corrected chi connectivity index (χ0v) is 68.7. The molecule has 0 saturated heterocycles. The summed E-state index contributed by atoms with van der Waals surface area (Å²) in [5.41, 5.74) is 0. The molecule has 9 heteroatoms. The minimum absolute atomic E-state index is 0.182. The van der Waals surface area contributed by atoms with Crippen LogP contribution in [0.25, 0.3) is 0 Å². The first-order valence-corrected chi connectivity index (χ1v) is 44.4. The highest BCUT2D eigenvalue weighted by Crippen LogP contribution is 2.20. The number of rotatable bonds is 83. The Labute approximate surface area is 639 Å². The highest BCUT2D eigenvalue weighted by Gasteiger charge is 2.25. The molecule has 0 aromatic heterocycles. The predicted molar refractivity (Wildman–Crippen MR) is 447 cm³/mol. The number of carbonyl (C=O) groups excluding carboxylic acids is 2. The van der Waals surface area contributed by atoms with Crippen molar-refractivity contribution in [2.24, 2.45) is 0 Å². The van der Waals surface area contributed by atoms with E-state index >= 15 is 0 Å². The number of unbranched alkanes of at least 4 members (excludes halogenated alkanes) is 52. The lowest BCUT2D eigenvalue weighted by Crippen LogP contribution is -2.40. The number of quaternary nitrogens is 1. The Morgan fingerprint density at radius 2 is 0.553 bits per heavy atom. The molecule has 0 radical (unpaired) electrons. The molecule has 0 bridgehead atoms. The van der Waals surface area contributed by atoms with Gasteiger partial charge in [0.15, 0.2) is 6.10 Å². The fourth-order valence-corrected chi connectivity index (χ4v) is 13.2. The lowest BCUT2D eigenvalue weighted by Gasteiger charge is -2.25. The summed E-state index contributed by atoms with van der Waals surface area (Å²) in [6.07, 6.45) is 115. The summed E-state index contributed by atoms with van der Waals surface area (Å²) in [6, 6.07) is 0. The van der Waals surface area contributed by atoms with Gasteiger partial charge in [0, 0.05) is 12.8 Å². The Bertz CT molecular complexity index is 2030. The summed E-state index contributed by atoms with van der Waals surface area (Å²) >= 11 is 0. The number of allylic oxidation sites excluding steroid dienone is 16. The van der Waals surface area contributed by atoms with Gasteiger partial charge < -0.3 is 28.5 Å². The van der Waals surface area contributed by atoms with Gasteiger partial charge in [0.2, 0.25) is 0 Å². The van der Waals surface area contributed by atoms with E-state index in [2.05, 4.69) is 111 Å². The van der Waals surface area contributed by atoms with E-state index in [0.717, 1.165) is 96.3 Å². The van der Waals surface area contributed by atoms with Crippen LogP contribution in [-0.4, -0.2) is 87.4 Å². The van der Waals surface area contributed by atoms with E-state index in [1.165, 1.54) is 302 Å². The van der Waals surface area contributed by atoms with Crippen molar-refractivity contribution in [1.82, 2.24) is 0 Å². The van der Waals surface area contributed by atoms with Crippen molar-refractivity contribution in [1.29, 1.82) is 0 Å². The van der Waals surface area contributed by atoms with Crippen LogP contribution in [0, 0.1) is 0 Å². The van der Waals surface area contributed by atoms with Gasteiger partial charge in [0.1, 0.15) is 13.2 Å². The Kier molecular flexibility index (Phi) is 80.8. The average Bonchev–Trinajstić information content (AvgIpc) is 1.16. The molecule has 2 atom stereocenters. The molecule has 0 aliphatic heterocycles. The van der Waals surface area contributed by atoms with Crippen LogP contribution in [0.3, 0.4) is 0 Å². The van der Waals surface area contributed by atoms with Gasteiger partial charge in [-0.2, -0.15) is 0 Å². The molecule has 0 fully saturated rings. The molecule has 0 aromatic rings. The summed E-state index contributed by atoms with van der Waals surface area (Å²) < 4.78 is 23.1. The van der Waals surface area contributed by atoms with Crippen LogP contribution in [0.1, 0.15) is 425 Å². The zero-order chi connectivity index (χ0) is 74.6. The summed E-state index contributed by atoms with van der Waals surface area (Å²) in [7, 11) is 5.99. The summed E-state index contributed by atoms with van der Waals surface area (Å²) in [6.45, 7) is 4.82. The molecule has 0 aliphatic rings. The maximum absolute atomic E-state index is 13.0. The van der Waals surface area contributed by atoms with Crippen molar-refractivity contribution in [3.8, 4) is 0 Å². The van der Waals surface area contributed by atoms with Gasteiger partial charge >= 0.3 is 17.9 Å². The van der Waals surface area contributed by atoms with E-state index in [1.807, 2.05) is 21.1 Å². The number of esters is 2. The first-order valence-electron chi connectivity index (χ1n) is 44.4. The van der Waals surface area contributed by atoms with Gasteiger partial charge in [-0.1, -0.05) is 432 Å². The monoisotopic (exact) mass is 1440 g/mol. The van der Waals surface area contributed by atoms with Crippen molar-refractivity contribution in [2.75, 3.05) is 47.5 Å². The number of ether oxygens (including phenoxy) is 4.